The second kappa shape index (κ2) is 5.61. The Hall–Kier alpha value is -0.560. The van der Waals surface area contributed by atoms with E-state index in [0.717, 1.165) is 31.6 Å². The SMILES string of the molecule is CN(C)C1CCN(c2cc(F)c(I)cc2N)CC1. The molecule has 1 aromatic rings. The molecule has 0 saturated carbocycles. The van der Waals surface area contributed by atoms with Gasteiger partial charge in [-0.05, 0) is 55.6 Å². The van der Waals surface area contributed by atoms with Crippen molar-refractivity contribution in [3.8, 4) is 0 Å². The van der Waals surface area contributed by atoms with Crippen LogP contribution in [0.5, 0.6) is 0 Å². The summed E-state index contributed by atoms with van der Waals surface area (Å²) in [7, 11) is 4.22. The maximum atomic E-state index is 13.6. The maximum Gasteiger partial charge on any atom is 0.138 e. The maximum absolute atomic E-state index is 13.6. The Morgan fingerprint density at radius 3 is 2.50 bits per heavy atom. The summed E-state index contributed by atoms with van der Waals surface area (Å²) in [5, 5.41) is 0. The van der Waals surface area contributed by atoms with Crippen molar-refractivity contribution in [3.05, 3.63) is 21.5 Å². The van der Waals surface area contributed by atoms with Gasteiger partial charge in [0.1, 0.15) is 5.82 Å². The first-order chi connectivity index (χ1) is 8.49. The molecule has 0 amide bonds. The highest BCUT2D eigenvalue weighted by Gasteiger charge is 2.22. The highest BCUT2D eigenvalue weighted by atomic mass is 127. The Kier molecular flexibility index (Phi) is 4.32. The van der Waals surface area contributed by atoms with Gasteiger partial charge in [0.05, 0.1) is 14.9 Å². The molecule has 3 nitrogen and oxygen atoms in total. The topological polar surface area (TPSA) is 32.5 Å². The normalized spacial score (nSPS) is 17.5. The minimum absolute atomic E-state index is 0.186. The zero-order valence-corrected chi connectivity index (χ0v) is 12.9. The third-order valence-electron chi connectivity index (χ3n) is 3.61. The number of hydrogen-bond donors (Lipinski definition) is 1. The van der Waals surface area contributed by atoms with E-state index in [2.05, 4.69) is 23.9 Å². The summed E-state index contributed by atoms with van der Waals surface area (Å²) in [5.41, 5.74) is 7.50. The van der Waals surface area contributed by atoms with Crippen molar-refractivity contribution in [2.45, 2.75) is 18.9 Å². The molecule has 1 aliphatic heterocycles. The number of halogens is 2. The van der Waals surface area contributed by atoms with E-state index in [0.29, 0.717) is 15.3 Å². The van der Waals surface area contributed by atoms with Crippen molar-refractivity contribution in [2.75, 3.05) is 37.8 Å². The van der Waals surface area contributed by atoms with Crippen LogP contribution in [0.25, 0.3) is 0 Å². The van der Waals surface area contributed by atoms with Gasteiger partial charge in [-0.25, -0.2) is 4.39 Å². The second-order valence-electron chi connectivity index (χ2n) is 5.01. The molecule has 5 heteroatoms. The van der Waals surface area contributed by atoms with Crippen molar-refractivity contribution in [1.29, 1.82) is 0 Å². The summed E-state index contributed by atoms with van der Waals surface area (Å²) in [6, 6.07) is 3.90. The molecular formula is C13H19FIN3. The zero-order valence-electron chi connectivity index (χ0n) is 10.8. The van der Waals surface area contributed by atoms with Crippen LogP contribution in [0.1, 0.15) is 12.8 Å². The van der Waals surface area contributed by atoms with Gasteiger partial charge in [0.15, 0.2) is 0 Å². The first kappa shape index (κ1) is 13.9. The lowest BCUT2D eigenvalue weighted by Crippen LogP contribution is -2.42. The van der Waals surface area contributed by atoms with Gasteiger partial charge in [0.2, 0.25) is 0 Å². The van der Waals surface area contributed by atoms with Crippen LogP contribution >= 0.6 is 22.6 Å². The predicted molar refractivity (Wildman–Crippen MR) is 82.5 cm³/mol. The molecule has 0 atom stereocenters. The summed E-state index contributed by atoms with van der Waals surface area (Å²) < 4.78 is 14.2. The lowest BCUT2D eigenvalue weighted by atomic mass is 10.0. The van der Waals surface area contributed by atoms with Gasteiger partial charge >= 0.3 is 0 Å². The molecule has 1 aliphatic rings. The van der Waals surface area contributed by atoms with Crippen LogP contribution in [-0.4, -0.2) is 38.1 Å². The summed E-state index contributed by atoms with van der Waals surface area (Å²) in [6.45, 7) is 1.88. The molecule has 0 unspecified atom stereocenters. The zero-order chi connectivity index (χ0) is 13.3. The van der Waals surface area contributed by atoms with Gasteiger partial charge in [-0.3, -0.25) is 0 Å². The van der Waals surface area contributed by atoms with Crippen LogP contribution in [0.4, 0.5) is 15.8 Å². The predicted octanol–water partition coefficient (Wildman–Crippen LogP) is 2.54. The van der Waals surface area contributed by atoms with Crippen molar-refractivity contribution >= 4 is 34.0 Å². The summed E-state index contributed by atoms with van der Waals surface area (Å²) >= 11 is 1.97. The molecule has 18 heavy (non-hydrogen) atoms. The Morgan fingerprint density at radius 1 is 1.33 bits per heavy atom. The number of anilines is 2. The molecule has 100 valence electrons. The monoisotopic (exact) mass is 363 g/mol. The average molecular weight is 363 g/mol. The van der Waals surface area contributed by atoms with Gasteiger partial charge in [-0.1, -0.05) is 0 Å². The van der Waals surface area contributed by atoms with E-state index >= 15 is 0 Å². The quantitative estimate of drug-likeness (QED) is 0.648. The molecule has 1 fully saturated rings. The van der Waals surface area contributed by atoms with E-state index in [9.17, 15) is 4.39 Å². The minimum Gasteiger partial charge on any atom is -0.397 e. The summed E-state index contributed by atoms with van der Waals surface area (Å²) in [4.78, 5) is 4.45. The first-order valence-electron chi connectivity index (χ1n) is 6.15. The van der Waals surface area contributed by atoms with Crippen molar-refractivity contribution in [2.24, 2.45) is 0 Å². The largest absolute Gasteiger partial charge is 0.397 e. The Balaban J connectivity index is 2.12. The van der Waals surface area contributed by atoms with Crippen LogP contribution in [0.2, 0.25) is 0 Å². The molecule has 0 aliphatic carbocycles. The Morgan fingerprint density at radius 2 is 1.94 bits per heavy atom. The number of nitrogens with zero attached hydrogens (tertiary/aromatic N) is 2. The van der Waals surface area contributed by atoms with E-state index in [-0.39, 0.29) is 5.82 Å². The van der Waals surface area contributed by atoms with E-state index in [1.807, 2.05) is 22.6 Å². The van der Waals surface area contributed by atoms with Gasteiger partial charge in [-0.15, -0.1) is 0 Å². The molecule has 2 N–H and O–H groups in total. The fourth-order valence-electron chi connectivity index (χ4n) is 2.45. The van der Waals surface area contributed by atoms with E-state index in [1.165, 1.54) is 0 Å². The lowest BCUT2D eigenvalue weighted by Gasteiger charge is -2.37. The highest BCUT2D eigenvalue weighted by Crippen LogP contribution is 2.30. The minimum atomic E-state index is -0.186. The molecule has 0 aromatic heterocycles. The van der Waals surface area contributed by atoms with Crippen LogP contribution in [-0.2, 0) is 0 Å². The fraction of sp³-hybridized carbons (Fsp3) is 0.538. The van der Waals surface area contributed by atoms with Crippen molar-refractivity contribution < 1.29 is 4.39 Å². The Bertz CT molecular complexity index is 428. The highest BCUT2D eigenvalue weighted by molar-refractivity contribution is 14.1. The van der Waals surface area contributed by atoms with Crippen molar-refractivity contribution in [1.82, 2.24) is 4.90 Å². The molecule has 1 saturated heterocycles. The molecular weight excluding hydrogens is 344 g/mol. The summed E-state index contributed by atoms with van der Waals surface area (Å²) in [6.07, 6.45) is 2.19. The van der Waals surface area contributed by atoms with E-state index in [4.69, 9.17) is 5.73 Å². The molecule has 0 spiro atoms. The number of rotatable bonds is 2. The van der Waals surface area contributed by atoms with Crippen LogP contribution < -0.4 is 10.6 Å². The molecule has 0 bridgehead atoms. The number of hydrogen-bond acceptors (Lipinski definition) is 3. The number of nitrogen functional groups attached to an aromatic ring is 1. The molecule has 0 radical (unpaired) electrons. The molecule has 2 rings (SSSR count). The fourth-order valence-corrected chi connectivity index (χ4v) is 2.94. The van der Waals surface area contributed by atoms with Crippen LogP contribution in [0.3, 0.4) is 0 Å². The second-order valence-corrected chi connectivity index (χ2v) is 6.17. The smallest absolute Gasteiger partial charge is 0.138 e. The standard InChI is InChI=1S/C13H19FIN3/c1-17(2)9-3-5-18(6-4-9)13-7-10(14)11(15)8-12(13)16/h7-9H,3-6,16H2,1-2H3. The van der Waals surface area contributed by atoms with Crippen molar-refractivity contribution in [3.63, 3.8) is 0 Å². The summed E-state index contributed by atoms with van der Waals surface area (Å²) in [5.74, 6) is -0.186. The first-order valence-corrected chi connectivity index (χ1v) is 7.23. The third kappa shape index (κ3) is 2.88. The van der Waals surface area contributed by atoms with Gasteiger partial charge in [0.25, 0.3) is 0 Å². The van der Waals surface area contributed by atoms with Gasteiger partial charge < -0.3 is 15.5 Å². The van der Waals surface area contributed by atoms with Crippen LogP contribution in [0, 0.1) is 9.39 Å². The Labute approximate surface area is 121 Å². The third-order valence-corrected chi connectivity index (χ3v) is 4.43. The average Bonchev–Trinajstić information content (AvgIpc) is 2.34. The van der Waals surface area contributed by atoms with E-state index < -0.39 is 0 Å². The number of benzene rings is 1. The number of piperidine rings is 1. The number of nitrogens with two attached hydrogens (primary N) is 1. The molecule has 1 heterocycles. The molecule has 1 aromatic carbocycles. The van der Waals surface area contributed by atoms with E-state index in [1.54, 1.807) is 12.1 Å². The van der Waals surface area contributed by atoms with Crippen LogP contribution in [0.15, 0.2) is 12.1 Å². The van der Waals surface area contributed by atoms with Gasteiger partial charge in [0, 0.05) is 25.2 Å². The lowest BCUT2D eigenvalue weighted by molar-refractivity contribution is 0.249. The van der Waals surface area contributed by atoms with Gasteiger partial charge in [-0.2, -0.15) is 0 Å².